The van der Waals surface area contributed by atoms with Gasteiger partial charge in [-0.2, -0.15) is 11.8 Å². The summed E-state index contributed by atoms with van der Waals surface area (Å²) >= 11 is 1.89. The number of benzene rings is 1. The Labute approximate surface area is 175 Å². The first-order chi connectivity index (χ1) is 14.1. The number of unbranched alkanes of at least 4 members (excludes halogenated alkanes) is 1. The molecule has 29 heavy (non-hydrogen) atoms. The van der Waals surface area contributed by atoms with Gasteiger partial charge < -0.3 is 27.0 Å². The first kappa shape index (κ1) is 21.4. The number of rotatable bonds is 10. The Balaban J connectivity index is 1.24. The molecule has 1 aromatic rings. The lowest BCUT2D eigenvalue weighted by molar-refractivity contribution is -0.121. The average Bonchev–Trinajstić information content (AvgIpc) is 3.27. The quantitative estimate of drug-likeness (QED) is 0.282. The Bertz CT molecular complexity index is 745. The molecule has 3 rings (SSSR count). The van der Waals surface area contributed by atoms with Crippen LogP contribution >= 0.6 is 11.8 Å². The monoisotopic (exact) mass is 419 g/mol. The van der Waals surface area contributed by atoms with E-state index in [9.17, 15) is 14.4 Å². The molecule has 0 aromatic heterocycles. The van der Waals surface area contributed by atoms with Gasteiger partial charge in [-0.05, 0) is 30.5 Å². The lowest BCUT2D eigenvalue weighted by Crippen LogP contribution is -2.36. The van der Waals surface area contributed by atoms with E-state index in [0.717, 1.165) is 30.6 Å². The van der Waals surface area contributed by atoms with Gasteiger partial charge in [0.25, 0.3) is 5.91 Å². The number of fused-ring (bicyclic) bond motifs is 1. The number of thioether (sulfide) groups is 1. The summed E-state index contributed by atoms with van der Waals surface area (Å²) in [5.74, 6) is 0.782. The lowest BCUT2D eigenvalue weighted by Gasteiger charge is -2.16. The number of nitrogens with two attached hydrogens (primary N) is 1. The molecule has 0 bridgehead atoms. The fourth-order valence-electron chi connectivity index (χ4n) is 3.68. The van der Waals surface area contributed by atoms with Gasteiger partial charge >= 0.3 is 6.03 Å². The minimum Gasteiger partial charge on any atom is -0.354 e. The zero-order valence-corrected chi connectivity index (χ0v) is 17.2. The van der Waals surface area contributed by atoms with Gasteiger partial charge in [0.05, 0.1) is 12.1 Å². The standard InChI is InChI=1S/C20H29N5O3S/c21-11-13-4-3-5-14(10-13)19(27)23-9-8-22-17(26)7-2-1-6-16-18-15(12-29-16)24-20(28)25-18/h3-5,10,15-16,18H,1-2,6-9,11-12,21H2,(H,22,26)(H,23,27)(H2,24,25,28)/t15-,16-,18-/m0/s1. The molecule has 2 aliphatic heterocycles. The third-order valence-corrected chi connectivity index (χ3v) is 6.75. The Morgan fingerprint density at radius 3 is 2.83 bits per heavy atom. The number of hydrogen-bond donors (Lipinski definition) is 5. The largest absolute Gasteiger partial charge is 0.354 e. The normalized spacial score (nSPS) is 22.5. The minimum absolute atomic E-state index is 0.00262. The van der Waals surface area contributed by atoms with Crippen LogP contribution in [0.1, 0.15) is 41.6 Å². The molecule has 2 heterocycles. The Morgan fingerprint density at radius 2 is 2.00 bits per heavy atom. The summed E-state index contributed by atoms with van der Waals surface area (Å²) in [5.41, 5.74) is 7.06. The first-order valence-electron chi connectivity index (χ1n) is 10.1. The summed E-state index contributed by atoms with van der Waals surface area (Å²) in [4.78, 5) is 35.4. The molecule has 0 saturated carbocycles. The van der Waals surface area contributed by atoms with E-state index in [-0.39, 0.29) is 29.9 Å². The van der Waals surface area contributed by atoms with Crippen molar-refractivity contribution < 1.29 is 14.4 Å². The summed E-state index contributed by atoms with van der Waals surface area (Å²) in [7, 11) is 0. The fourth-order valence-corrected chi connectivity index (χ4v) is 5.23. The number of amides is 4. The highest BCUT2D eigenvalue weighted by atomic mass is 32.2. The molecule has 0 unspecified atom stereocenters. The van der Waals surface area contributed by atoms with Crippen molar-refractivity contribution in [2.24, 2.45) is 5.73 Å². The topological polar surface area (TPSA) is 125 Å². The van der Waals surface area contributed by atoms with Gasteiger partial charge in [-0.15, -0.1) is 0 Å². The van der Waals surface area contributed by atoms with Crippen molar-refractivity contribution in [1.29, 1.82) is 0 Å². The van der Waals surface area contributed by atoms with Crippen LogP contribution in [0, 0.1) is 0 Å². The molecule has 0 aliphatic carbocycles. The number of carbonyl (C=O) groups excluding carboxylic acids is 3. The van der Waals surface area contributed by atoms with Crippen molar-refractivity contribution in [3.05, 3.63) is 35.4 Å². The molecule has 3 atom stereocenters. The second-order valence-corrected chi connectivity index (χ2v) is 8.65. The molecular formula is C20H29N5O3S. The zero-order chi connectivity index (χ0) is 20.6. The van der Waals surface area contributed by atoms with E-state index >= 15 is 0 Å². The van der Waals surface area contributed by atoms with E-state index in [2.05, 4.69) is 21.3 Å². The summed E-state index contributed by atoms with van der Waals surface area (Å²) in [5, 5.41) is 12.0. The molecule has 9 heteroatoms. The van der Waals surface area contributed by atoms with Crippen LogP contribution in [0.2, 0.25) is 0 Å². The van der Waals surface area contributed by atoms with Crippen molar-refractivity contribution in [2.45, 2.75) is 49.6 Å². The first-order valence-corrected chi connectivity index (χ1v) is 11.1. The predicted octanol–water partition coefficient (Wildman–Crippen LogP) is 0.717. The molecule has 6 N–H and O–H groups in total. The minimum atomic E-state index is -0.171. The highest BCUT2D eigenvalue weighted by molar-refractivity contribution is 8.00. The van der Waals surface area contributed by atoms with Crippen LogP contribution in [0.15, 0.2) is 24.3 Å². The second kappa shape index (κ2) is 10.5. The highest BCUT2D eigenvalue weighted by Crippen LogP contribution is 2.33. The van der Waals surface area contributed by atoms with Gasteiger partial charge in [-0.3, -0.25) is 9.59 Å². The van der Waals surface area contributed by atoms with E-state index in [4.69, 9.17) is 5.73 Å². The van der Waals surface area contributed by atoms with Crippen molar-refractivity contribution in [2.75, 3.05) is 18.8 Å². The maximum atomic E-state index is 12.1. The van der Waals surface area contributed by atoms with Crippen molar-refractivity contribution in [3.8, 4) is 0 Å². The number of nitrogens with one attached hydrogen (secondary N) is 4. The SMILES string of the molecule is NCc1cccc(C(=O)NCCNC(=O)CCCC[C@@H]2SC[C@@H]3NC(=O)N[C@@H]32)c1. The summed E-state index contributed by atoms with van der Waals surface area (Å²) in [6.45, 7) is 1.18. The van der Waals surface area contributed by atoms with Gasteiger partial charge in [0.1, 0.15) is 0 Å². The van der Waals surface area contributed by atoms with Gasteiger partial charge in [-0.1, -0.05) is 18.6 Å². The smallest absolute Gasteiger partial charge is 0.315 e. The molecule has 158 valence electrons. The van der Waals surface area contributed by atoms with Crippen LogP contribution in [0.5, 0.6) is 0 Å². The number of hydrogen-bond acceptors (Lipinski definition) is 5. The van der Waals surface area contributed by atoms with E-state index in [1.54, 1.807) is 18.2 Å². The Kier molecular flexibility index (Phi) is 7.76. The van der Waals surface area contributed by atoms with Crippen LogP contribution in [0.25, 0.3) is 0 Å². The molecule has 2 aliphatic rings. The average molecular weight is 420 g/mol. The van der Waals surface area contributed by atoms with Crippen LogP contribution in [0.3, 0.4) is 0 Å². The van der Waals surface area contributed by atoms with Crippen LogP contribution < -0.4 is 27.0 Å². The predicted molar refractivity (Wildman–Crippen MR) is 114 cm³/mol. The van der Waals surface area contributed by atoms with Crippen LogP contribution in [0.4, 0.5) is 4.79 Å². The molecule has 8 nitrogen and oxygen atoms in total. The van der Waals surface area contributed by atoms with Crippen LogP contribution in [-0.2, 0) is 11.3 Å². The second-order valence-electron chi connectivity index (χ2n) is 7.38. The third-order valence-electron chi connectivity index (χ3n) is 5.24. The van der Waals surface area contributed by atoms with Crippen molar-refractivity contribution in [3.63, 3.8) is 0 Å². The fraction of sp³-hybridized carbons (Fsp3) is 0.550. The van der Waals surface area contributed by atoms with Gasteiger partial charge in [0.15, 0.2) is 0 Å². The van der Waals surface area contributed by atoms with Gasteiger partial charge in [-0.25, -0.2) is 4.79 Å². The van der Waals surface area contributed by atoms with Crippen LogP contribution in [-0.4, -0.2) is 54.0 Å². The third kappa shape index (κ3) is 6.11. The van der Waals surface area contributed by atoms with E-state index in [0.29, 0.717) is 36.9 Å². The van der Waals surface area contributed by atoms with E-state index in [1.807, 2.05) is 17.8 Å². The van der Waals surface area contributed by atoms with Crippen molar-refractivity contribution >= 4 is 29.6 Å². The molecule has 1 aromatic carbocycles. The molecule has 0 radical (unpaired) electrons. The molecule has 2 fully saturated rings. The summed E-state index contributed by atoms with van der Waals surface area (Å²) in [6, 6.07) is 7.59. The molecule has 0 spiro atoms. The van der Waals surface area contributed by atoms with E-state index < -0.39 is 0 Å². The molecular weight excluding hydrogens is 390 g/mol. The zero-order valence-electron chi connectivity index (χ0n) is 16.4. The summed E-state index contributed by atoms with van der Waals surface area (Å²) < 4.78 is 0. The maximum Gasteiger partial charge on any atom is 0.315 e. The molecule has 2 saturated heterocycles. The lowest BCUT2D eigenvalue weighted by atomic mass is 10.0. The van der Waals surface area contributed by atoms with Crippen molar-refractivity contribution in [1.82, 2.24) is 21.3 Å². The summed E-state index contributed by atoms with van der Waals surface area (Å²) in [6.07, 6.45) is 3.25. The molecule has 4 amide bonds. The highest BCUT2D eigenvalue weighted by Gasteiger charge is 2.42. The van der Waals surface area contributed by atoms with E-state index in [1.165, 1.54) is 0 Å². The Hall–Kier alpha value is -2.26. The Morgan fingerprint density at radius 1 is 1.17 bits per heavy atom. The number of carbonyl (C=O) groups is 3. The van der Waals surface area contributed by atoms with Gasteiger partial charge in [0.2, 0.25) is 5.91 Å². The van der Waals surface area contributed by atoms with Gasteiger partial charge in [0, 0.05) is 42.6 Å². The number of urea groups is 1. The maximum absolute atomic E-state index is 12.1.